The van der Waals surface area contributed by atoms with Crippen molar-refractivity contribution in [3.05, 3.63) is 0 Å². The van der Waals surface area contributed by atoms with Gasteiger partial charge in [-0.25, -0.2) is 0 Å². The van der Waals surface area contributed by atoms with Gasteiger partial charge >= 0.3 is 0 Å². The summed E-state index contributed by atoms with van der Waals surface area (Å²) in [6.45, 7) is 0. The van der Waals surface area contributed by atoms with Crippen LogP contribution in [0.5, 0.6) is 0 Å². The van der Waals surface area contributed by atoms with E-state index in [1.54, 1.807) is 0 Å². The highest BCUT2D eigenvalue weighted by Crippen LogP contribution is 2.48. The van der Waals surface area contributed by atoms with E-state index in [0.717, 1.165) is 24.3 Å². The van der Waals surface area contributed by atoms with E-state index in [4.69, 9.17) is 0 Å². The van der Waals surface area contributed by atoms with Crippen LogP contribution in [-0.4, -0.2) is 23.3 Å². The van der Waals surface area contributed by atoms with Crippen molar-refractivity contribution in [3.63, 3.8) is 0 Å². The van der Waals surface area contributed by atoms with Crippen molar-refractivity contribution in [1.82, 2.24) is 5.32 Å². The lowest BCUT2D eigenvalue weighted by Gasteiger charge is -2.40. The molecule has 0 aromatic rings. The first-order chi connectivity index (χ1) is 8.76. The first kappa shape index (κ1) is 12.9. The van der Waals surface area contributed by atoms with Crippen LogP contribution in [0.1, 0.15) is 77.0 Å². The average Bonchev–Trinajstić information content (AvgIpc) is 2.81. The molecule has 2 atom stereocenters. The lowest BCUT2D eigenvalue weighted by Crippen LogP contribution is -2.45. The van der Waals surface area contributed by atoms with Crippen LogP contribution in [0.4, 0.5) is 0 Å². The van der Waals surface area contributed by atoms with E-state index < -0.39 is 0 Å². The Labute approximate surface area is 112 Å². The third-order valence-corrected chi connectivity index (χ3v) is 5.83. The molecule has 0 aromatic heterocycles. The number of aliphatic hydroxyl groups excluding tert-OH is 1. The number of aliphatic hydroxyl groups is 1. The molecule has 0 heterocycles. The molecule has 3 aliphatic rings. The van der Waals surface area contributed by atoms with Crippen LogP contribution < -0.4 is 5.32 Å². The molecule has 2 nitrogen and oxygen atoms in total. The standard InChI is InChI=1S/C16H29NO/c18-15-5-3-4-14(12-15)17-13-6-10-16(11-7-13)8-1-2-9-16/h13-15,17-18H,1-12H2. The summed E-state index contributed by atoms with van der Waals surface area (Å²) in [5.74, 6) is 0. The SMILES string of the molecule is OC1CCCC(NC2CCC3(CCCC3)CC2)C1. The fourth-order valence-electron chi connectivity index (χ4n) is 4.67. The number of hydrogen-bond acceptors (Lipinski definition) is 2. The second-order valence-electron chi connectivity index (χ2n) is 7.17. The van der Waals surface area contributed by atoms with Gasteiger partial charge in [-0.05, 0) is 69.6 Å². The van der Waals surface area contributed by atoms with E-state index in [-0.39, 0.29) is 6.10 Å². The maximum Gasteiger partial charge on any atom is 0.0555 e. The van der Waals surface area contributed by atoms with Crippen molar-refractivity contribution < 1.29 is 5.11 Å². The van der Waals surface area contributed by atoms with Crippen LogP contribution in [0, 0.1) is 5.41 Å². The number of nitrogens with one attached hydrogen (secondary N) is 1. The quantitative estimate of drug-likeness (QED) is 0.788. The average molecular weight is 251 g/mol. The Morgan fingerprint density at radius 1 is 0.778 bits per heavy atom. The molecule has 0 saturated heterocycles. The van der Waals surface area contributed by atoms with E-state index in [0.29, 0.717) is 6.04 Å². The predicted molar refractivity (Wildman–Crippen MR) is 74.6 cm³/mol. The van der Waals surface area contributed by atoms with Crippen molar-refractivity contribution >= 4 is 0 Å². The van der Waals surface area contributed by atoms with Gasteiger partial charge in [0.05, 0.1) is 6.10 Å². The zero-order chi connectivity index (χ0) is 12.4. The molecule has 2 N–H and O–H groups in total. The van der Waals surface area contributed by atoms with Gasteiger partial charge in [0.25, 0.3) is 0 Å². The molecule has 1 spiro atoms. The minimum absolute atomic E-state index is 0.0407. The molecule has 104 valence electrons. The molecule has 18 heavy (non-hydrogen) atoms. The fourth-order valence-corrected chi connectivity index (χ4v) is 4.67. The molecule has 3 aliphatic carbocycles. The summed E-state index contributed by atoms with van der Waals surface area (Å²) in [5, 5.41) is 13.6. The third-order valence-electron chi connectivity index (χ3n) is 5.83. The van der Waals surface area contributed by atoms with E-state index in [2.05, 4.69) is 5.32 Å². The first-order valence-electron chi connectivity index (χ1n) is 8.20. The minimum Gasteiger partial charge on any atom is -0.393 e. The van der Waals surface area contributed by atoms with Crippen molar-refractivity contribution in [2.75, 3.05) is 0 Å². The highest BCUT2D eigenvalue weighted by molar-refractivity contribution is 4.92. The van der Waals surface area contributed by atoms with Gasteiger partial charge in [0.15, 0.2) is 0 Å². The summed E-state index contributed by atoms with van der Waals surface area (Å²) in [7, 11) is 0. The van der Waals surface area contributed by atoms with Gasteiger partial charge in [-0.2, -0.15) is 0 Å². The molecule has 0 radical (unpaired) electrons. The van der Waals surface area contributed by atoms with Crippen molar-refractivity contribution in [1.29, 1.82) is 0 Å². The Bertz CT molecular complexity index is 262. The van der Waals surface area contributed by atoms with E-state index in [1.807, 2.05) is 0 Å². The Hall–Kier alpha value is -0.0800. The molecular formula is C16H29NO. The zero-order valence-corrected chi connectivity index (χ0v) is 11.7. The Kier molecular flexibility index (Phi) is 3.95. The van der Waals surface area contributed by atoms with Gasteiger partial charge in [-0.15, -0.1) is 0 Å². The summed E-state index contributed by atoms with van der Waals surface area (Å²) in [4.78, 5) is 0. The molecule has 0 amide bonds. The van der Waals surface area contributed by atoms with Gasteiger partial charge < -0.3 is 10.4 Å². The summed E-state index contributed by atoms with van der Waals surface area (Å²) < 4.78 is 0. The van der Waals surface area contributed by atoms with Gasteiger partial charge in [0, 0.05) is 12.1 Å². The van der Waals surface area contributed by atoms with Crippen molar-refractivity contribution in [3.8, 4) is 0 Å². The Balaban J connectivity index is 1.45. The van der Waals surface area contributed by atoms with Crippen LogP contribution in [-0.2, 0) is 0 Å². The fraction of sp³-hybridized carbons (Fsp3) is 1.00. The molecule has 3 fully saturated rings. The van der Waals surface area contributed by atoms with Gasteiger partial charge in [0.1, 0.15) is 0 Å². The predicted octanol–water partition coefficient (Wildman–Crippen LogP) is 3.38. The van der Waals surface area contributed by atoms with Crippen LogP contribution in [0.2, 0.25) is 0 Å². The summed E-state index contributed by atoms with van der Waals surface area (Å²) >= 11 is 0. The number of hydrogen-bond donors (Lipinski definition) is 2. The largest absolute Gasteiger partial charge is 0.393 e. The lowest BCUT2D eigenvalue weighted by atomic mass is 9.71. The third kappa shape index (κ3) is 2.91. The summed E-state index contributed by atoms with van der Waals surface area (Å²) in [6, 6.07) is 1.34. The van der Waals surface area contributed by atoms with Crippen LogP contribution >= 0.6 is 0 Å². The highest BCUT2D eigenvalue weighted by Gasteiger charge is 2.37. The Morgan fingerprint density at radius 3 is 2.17 bits per heavy atom. The summed E-state index contributed by atoms with van der Waals surface area (Å²) in [5.41, 5.74) is 0.754. The molecule has 3 rings (SSSR count). The van der Waals surface area contributed by atoms with Gasteiger partial charge in [-0.3, -0.25) is 0 Å². The van der Waals surface area contributed by atoms with Crippen molar-refractivity contribution in [2.24, 2.45) is 5.41 Å². The first-order valence-corrected chi connectivity index (χ1v) is 8.20. The minimum atomic E-state index is -0.0407. The van der Waals surface area contributed by atoms with E-state index in [1.165, 1.54) is 64.2 Å². The second-order valence-corrected chi connectivity index (χ2v) is 7.17. The van der Waals surface area contributed by atoms with E-state index >= 15 is 0 Å². The van der Waals surface area contributed by atoms with E-state index in [9.17, 15) is 5.11 Å². The topological polar surface area (TPSA) is 32.3 Å². The smallest absolute Gasteiger partial charge is 0.0555 e. The molecule has 0 aromatic carbocycles. The molecular weight excluding hydrogens is 222 g/mol. The van der Waals surface area contributed by atoms with Gasteiger partial charge in [0.2, 0.25) is 0 Å². The zero-order valence-electron chi connectivity index (χ0n) is 11.7. The Morgan fingerprint density at radius 2 is 1.50 bits per heavy atom. The second kappa shape index (κ2) is 5.50. The number of rotatable bonds is 2. The van der Waals surface area contributed by atoms with Crippen molar-refractivity contribution in [2.45, 2.75) is 95.2 Å². The van der Waals surface area contributed by atoms with Crippen LogP contribution in [0.3, 0.4) is 0 Å². The lowest BCUT2D eigenvalue weighted by molar-refractivity contribution is 0.0986. The highest BCUT2D eigenvalue weighted by atomic mass is 16.3. The molecule has 0 bridgehead atoms. The maximum atomic E-state index is 9.74. The van der Waals surface area contributed by atoms with Crippen LogP contribution in [0.15, 0.2) is 0 Å². The maximum absolute atomic E-state index is 9.74. The molecule has 3 saturated carbocycles. The molecule has 2 unspecified atom stereocenters. The van der Waals surface area contributed by atoms with Gasteiger partial charge in [-0.1, -0.05) is 12.8 Å². The monoisotopic (exact) mass is 251 g/mol. The normalized spacial score (nSPS) is 37.2. The van der Waals surface area contributed by atoms with Crippen LogP contribution in [0.25, 0.3) is 0 Å². The summed E-state index contributed by atoms with van der Waals surface area (Å²) in [6.07, 6.45) is 16.1. The molecule has 0 aliphatic heterocycles. The molecule has 2 heteroatoms.